The van der Waals surface area contributed by atoms with E-state index in [1.54, 1.807) is 18.2 Å². The van der Waals surface area contributed by atoms with Crippen molar-refractivity contribution in [1.29, 1.82) is 0 Å². The van der Waals surface area contributed by atoms with E-state index in [0.29, 0.717) is 18.3 Å². The highest BCUT2D eigenvalue weighted by atomic mass is 32.2. The van der Waals surface area contributed by atoms with Gasteiger partial charge in [-0.25, -0.2) is 8.42 Å². The number of likely N-dealkylation sites (tertiary alicyclic amines) is 1. The van der Waals surface area contributed by atoms with Gasteiger partial charge in [0, 0.05) is 18.5 Å². The molecule has 2 aliphatic rings. The summed E-state index contributed by atoms with van der Waals surface area (Å²) in [5.74, 6) is 0.377. The van der Waals surface area contributed by atoms with E-state index in [2.05, 4.69) is 18.7 Å². The van der Waals surface area contributed by atoms with Gasteiger partial charge >= 0.3 is 5.97 Å². The lowest BCUT2D eigenvalue weighted by atomic mass is 9.78. The number of fused-ring (bicyclic) bond motifs is 1. The first-order chi connectivity index (χ1) is 13.3. The van der Waals surface area contributed by atoms with Gasteiger partial charge in [-0.05, 0) is 44.0 Å². The SMILES string of the molecule is COC(=O)CN1CC2(CCN(CC(C)C)CC2)COc2ccccc2S1(=O)=O. The molecule has 1 fully saturated rings. The zero-order valence-electron chi connectivity index (χ0n) is 16.9. The predicted octanol–water partition coefficient (Wildman–Crippen LogP) is 1.98. The lowest BCUT2D eigenvalue weighted by Gasteiger charge is -2.45. The molecule has 3 rings (SSSR count). The van der Waals surface area contributed by atoms with Crippen LogP contribution in [0.15, 0.2) is 29.2 Å². The van der Waals surface area contributed by atoms with Crippen molar-refractivity contribution in [2.45, 2.75) is 31.6 Å². The number of benzene rings is 1. The Morgan fingerprint density at radius 2 is 1.93 bits per heavy atom. The highest BCUT2D eigenvalue weighted by Crippen LogP contribution is 2.39. The molecular weight excluding hydrogens is 380 g/mol. The van der Waals surface area contributed by atoms with Crippen LogP contribution in [0.2, 0.25) is 0 Å². The first-order valence-corrected chi connectivity index (χ1v) is 11.2. The van der Waals surface area contributed by atoms with Gasteiger partial charge in [0.15, 0.2) is 0 Å². The van der Waals surface area contributed by atoms with E-state index in [9.17, 15) is 13.2 Å². The number of sulfonamides is 1. The van der Waals surface area contributed by atoms with Crippen molar-refractivity contribution in [2.24, 2.45) is 11.3 Å². The second-order valence-electron chi connectivity index (χ2n) is 8.28. The summed E-state index contributed by atoms with van der Waals surface area (Å²) in [6.07, 6.45) is 1.66. The van der Waals surface area contributed by atoms with Gasteiger partial charge in [0.2, 0.25) is 10.0 Å². The van der Waals surface area contributed by atoms with Crippen molar-refractivity contribution in [1.82, 2.24) is 9.21 Å². The van der Waals surface area contributed by atoms with Crippen LogP contribution in [0.25, 0.3) is 0 Å². The third-order valence-corrected chi connectivity index (χ3v) is 7.42. The Balaban J connectivity index is 1.91. The standard InChI is InChI=1S/C20H30N2O5S/c1-16(2)12-21-10-8-20(9-11-21)14-22(13-19(23)26-3)28(24,25)18-7-5-4-6-17(18)27-15-20/h4-7,16H,8-15H2,1-3H3. The highest BCUT2D eigenvalue weighted by molar-refractivity contribution is 7.89. The molecule has 0 radical (unpaired) electrons. The van der Waals surface area contributed by atoms with Crippen LogP contribution in [0, 0.1) is 11.3 Å². The number of esters is 1. The lowest BCUT2D eigenvalue weighted by molar-refractivity contribution is -0.141. The highest BCUT2D eigenvalue weighted by Gasteiger charge is 2.43. The fraction of sp³-hybridized carbons (Fsp3) is 0.650. The molecule has 0 bridgehead atoms. The molecule has 0 amide bonds. The summed E-state index contributed by atoms with van der Waals surface area (Å²) in [5, 5.41) is 0. The molecule has 2 heterocycles. The van der Waals surface area contributed by atoms with Crippen LogP contribution in [-0.4, -0.2) is 70.0 Å². The van der Waals surface area contributed by atoms with Gasteiger partial charge in [-0.2, -0.15) is 4.31 Å². The molecule has 0 atom stereocenters. The molecule has 0 unspecified atom stereocenters. The number of nitrogens with zero attached hydrogens (tertiary/aromatic N) is 2. The van der Waals surface area contributed by atoms with Crippen LogP contribution >= 0.6 is 0 Å². The van der Waals surface area contributed by atoms with Crippen molar-refractivity contribution in [3.05, 3.63) is 24.3 Å². The molecule has 1 saturated heterocycles. The zero-order valence-corrected chi connectivity index (χ0v) is 17.7. The maximum Gasteiger partial charge on any atom is 0.321 e. The number of hydrogen-bond donors (Lipinski definition) is 0. The number of hydrogen-bond acceptors (Lipinski definition) is 6. The van der Waals surface area contributed by atoms with E-state index in [1.807, 2.05) is 0 Å². The number of piperidine rings is 1. The predicted molar refractivity (Wildman–Crippen MR) is 106 cm³/mol. The van der Waals surface area contributed by atoms with Crippen molar-refractivity contribution < 1.29 is 22.7 Å². The normalized spacial score (nSPS) is 22.1. The molecule has 7 nitrogen and oxygen atoms in total. The lowest BCUT2D eigenvalue weighted by Crippen LogP contribution is -2.52. The van der Waals surface area contributed by atoms with Crippen molar-refractivity contribution in [3.8, 4) is 5.75 Å². The maximum atomic E-state index is 13.3. The molecule has 1 spiro atoms. The van der Waals surface area contributed by atoms with Gasteiger partial charge in [-0.15, -0.1) is 0 Å². The van der Waals surface area contributed by atoms with Crippen LogP contribution in [-0.2, 0) is 19.6 Å². The Kier molecular flexibility index (Phi) is 6.31. The average molecular weight is 411 g/mol. The van der Waals surface area contributed by atoms with E-state index in [1.165, 1.54) is 17.5 Å². The minimum Gasteiger partial charge on any atom is -0.492 e. The van der Waals surface area contributed by atoms with Gasteiger partial charge in [-0.3, -0.25) is 4.79 Å². The molecule has 1 aromatic carbocycles. The Hall–Kier alpha value is -1.64. The monoisotopic (exact) mass is 410 g/mol. The summed E-state index contributed by atoms with van der Waals surface area (Å²) >= 11 is 0. The second-order valence-corrected chi connectivity index (χ2v) is 10.2. The van der Waals surface area contributed by atoms with Crippen molar-refractivity contribution in [3.63, 3.8) is 0 Å². The first-order valence-electron chi connectivity index (χ1n) is 9.77. The Morgan fingerprint density at radius 3 is 2.57 bits per heavy atom. The maximum absolute atomic E-state index is 13.3. The molecule has 28 heavy (non-hydrogen) atoms. The van der Waals surface area contributed by atoms with Gasteiger partial charge in [0.25, 0.3) is 0 Å². The Morgan fingerprint density at radius 1 is 1.25 bits per heavy atom. The Labute approximate surface area is 167 Å². The fourth-order valence-electron chi connectivity index (χ4n) is 4.04. The topological polar surface area (TPSA) is 76.2 Å². The minimum atomic E-state index is -3.86. The van der Waals surface area contributed by atoms with Crippen molar-refractivity contribution in [2.75, 3.05) is 46.4 Å². The van der Waals surface area contributed by atoms with Gasteiger partial charge in [-0.1, -0.05) is 26.0 Å². The van der Waals surface area contributed by atoms with Crippen LogP contribution in [0.1, 0.15) is 26.7 Å². The summed E-state index contributed by atoms with van der Waals surface area (Å²) in [6.45, 7) is 7.63. The average Bonchev–Trinajstić information content (AvgIpc) is 2.66. The summed E-state index contributed by atoms with van der Waals surface area (Å²) in [6, 6.07) is 6.63. The molecule has 2 aliphatic heterocycles. The van der Waals surface area contributed by atoms with Crippen LogP contribution in [0.4, 0.5) is 0 Å². The van der Waals surface area contributed by atoms with Crippen LogP contribution < -0.4 is 4.74 Å². The number of carbonyl (C=O) groups excluding carboxylic acids is 1. The fourth-order valence-corrected chi connectivity index (χ4v) is 5.66. The van der Waals surface area contributed by atoms with E-state index in [0.717, 1.165) is 32.5 Å². The quantitative estimate of drug-likeness (QED) is 0.707. The largest absolute Gasteiger partial charge is 0.492 e. The number of carbonyl (C=O) groups is 1. The molecular formula is C20H30N2O5S. The van der Waals surface area contributed by atoms with Crippen LogP contribution in [0.5, 0.6) is 5.75 Å². The van der Waals surface area contributed by atoms with Gasteiger partial charge in [0.05, 0.1) is 13.7 Å². The van der Waals surface area contributed by atoms with E-state index < -0.39 is 16.0 Å². The van der Waals surface area contributed by atoms with E-state index in [-0.39, 0.29) is 23.4 Å². The molecule has 1 aromatic rings. The number of rotatable bonds is 4. The van der Waals surface area contributed by atoms with Crippen LogP contribution in [0.3, 0.4) is 0 Å². The minimum absolute atomic E-state index is 0.103. The third kappa shape index (κ3) is 4.50. The summed E-state index contributed by atoms with van der Waals surface area (Å²) in [5.41, 5.74) is -0.317. The third-order valence-electron chi connectivity index (χ3n) is 5.59. The first kappa shape index (κ1) is 21.1. The molecule has 0 saturated carbocycles. The summed E-state index contributed by atoms with van der Waals surface area (Å²) in [4.78, 5) is 14.5. The van der Waals surface area contributed by atoms with E-state index >= 15 is 0 Å². The smallest absolute Gasteiger partial charge is 0.321 e. The molecule has 8 heteroatoms. The van der Waals surface area contributed by atoms with Gasteiger partial charge < -0.3 is 14.4 Å². The number of ether oxygens (including phenoxy) is 2. The van der Waals surface area contributed by atoms with Gasteiger partial charge in [0.1, 0.15) is 17.2 Å². The summed E-state index contributed by atoms with van der Waals surface area (Å²) < 4.78 is 38.6. The molecule has 0 N–H and O–H groups in total. The zero-order chi connectivity index (χ0) is 20.4. The number of methoxy groups -OCH3 is 1. The second kappa shape index (κ2) is 8.39. The molecule has 156 valence electrons. The number of para-hydroxylation sites is 1. The van der Waals surface area contributed by atoms with Crippen molar-refractivity contribution >= 4 is 16.0 Å². The molecule has 0 aliphatic carbocycles. The Bertz CT molecular complexity index is 801. The molecule has 0 aromatic heterocycles. The summed E-state index contributed by atoms with van der Waals surface area (Å²) in [7, 11) is -2.59. The van der Waals surface area contributed by atoms with E-state index in [4.69, 9.17) is 9.47 Å².